The van der Waals surface area contributed by atoms with E-state index < -0.39 is 5.97 Å². The average molecular weight is 517 g/mol. The molecule has 2 aromatic carbocycles. The molecular weight excluding hydrogens is 488 g/mol. The van der Waals surface area contributed by atoms with Crippen molar-refractivity contribution in [1.82, 2.24) is 4.57 Å². The van der Waals surface area contributed by atoms with Gasteiger partial charge in [-0.25, -0.2) is 9.79 Å². The van der Waals surface area contributed by atoms with Gasteiger partial charge in [0.25, 0.3) is 5.56 Å². The Balaban J connectivity index is 1.70. The molecular formula is C29H28N2O5S. The number of hydrogen-bond donors (Lipinski definition) is 0. The first kappa shape index (κ1) is 24.8. The summed E-state index contributed by atoms with van der Waals surface area (Å²) in [5.41, 5.74) is 4.95. The van der Waals surface area contributed by atoms with E-state index in [1.54, 1.807) is 25.7 Å². The van der Waals surface area contributed by atoms with Gasteiger partial charge in [-0.1, -0.05) is 35.6 Å². The molecule has 2 heterocycles. The molecule has 37 heavy (non-hydrogen) atoms. The highest BCUT2D eigenvalue weighted by atomic mass is 32.1. The minimum absolute atomic E-state index is 0.240. The van der Waals surface area contributed by atoms with Crippen molar-refractivity contribution in [1.29, 1.82) is 0 Å². The number of carbonyl (C=O) groups is 1. The van der Waals surface area contributed by atoms with E-state index in [1.807, 2.05) is 48.5 Å². The zero-order chi connectivity index (χ0) is 25.9. The molecule has 2 aliphatic rings. The molecule has 7 nitrogen and oxygen atoms in total. The summed E-state index contributed by atoms with van der Waals surface area (Å²) in [4.78, 5) is 31.3. The summed E-state index contributed by atoms with van der Waals surface area (Å²) in [7, 11) is 3.28. The third-order valence-corrected chi connectivity index (χ3v) is 7.54. The van der Waals surface area contributed by atoms with Crippen LogP contribution in [0.2, 0.25) is 0 Å². The van der Waals surface area contributed by atoms with Crippen LogP contribution < -0.4 is 24.4 Å². The van der Waals surface area contributed by atoms with Crippen molar-refractivity contribution in [2.24, 2.45) is 4.99 Å². The molecule has 3 aromatic rings. The Morgan fingerprint density at radius 1 is 1.05 bits per heavy atom. The minimum atomic E-state index is -0.530. The molecule has 190 valence electrons. The Bertz CT molecular complexity index is 1560. The molecule has 5 rings (SSSR count). The zero-order valence-electron chi connectivity index (χ0n) is 21.0. The quantitative estimate of drug-likeness (QED) is 0.463. The minimum Gasteiger partial charge on any atom is -0.497 e. The van der Waals surface area contributed by atoms with Gasteiger partial charge in [0, 0.05) is 6.08 Å². The first-order chi connectivity index (χ1) is 18.0. The monoisotopic (exact) mass is 516 g/mol. The lowest BCUT2D eigenvalue weighted by atomic mass is 9.84. The highest BCUT2D eigenvalue weighted by Crippen LogP contribution is 2.41. The summed E-state index contributed by atoms with van der Waals surface area (Å²) in [5, 5.41) is 0. The maximum atomic E-state index is 13.6. The molecule has 8 heteroatoms. The van der Waals surface area contributed by atoms with Crippen molar-refractivity contribution >= 4 is 29.5 Å². The molecule has 1 unspecified atom stereocenters. The third-order valence-electron chi connectivity index (χ3n) is 6.56. The Labute approximate surface area is 218 Å². The Morgan fingerprint density at radius 2 is 1.73 bits per heavy atom. The lowest BCUT2D eigenvalue weighted by Gasteiger charge is -2.31. The molecule has 1 aliphatic carbocycles. The van der Waals surface area contributed by atoms with Crippen LogP contribution in [0.3, 0.4) is 0 Å². The van der Waals surface area contributed by atoms with Crippen molar-refractivity contribution in [3.8, 4) is 11.5 Å². The molecule has 0 amide bonds. The average Bonchev–Trinajstić information content (AvgIpc) is 3.22. The molecule has 0 radical (unpaired) electrons. The van der Waals surface area contributed by atoms with Gasteiger partial charge in [-0.15, -0.1) is 0 Å². The number of aromatic nitrogens is 1. The summed E-state index contributed by atoms with van der Waals surface area (Å²) < 4.78 is 17.7. The number of benzene rings is 2. The Hall–Kier alpha value is -3.91. The van der Waals surface area contributed by atoms with Crippen LogP contribution in [0.4, 0.5) is 0 Å². The number of thiazole rings is 1. The van der Waals surface area contributed by atoms with E-state index in [4.69, 9.17) is 19.2 Å². The van der Waals surface area contributed by atoms with E-state index in [0.717, 1.165) is 58.7 Å². The summed E-state index contributed by atoms with van der Waals surface area (Å²) in [6.45, 7) is 1.98. The number of hydrogen-bond acceptors (Lipinski definition) is 7. The lowest BCUT2D eigenvalue weighted by molar-refractivity contribution is -0.135. The summed E-state index contributed by atoms with van der Waals surface area (Å²) >= 11 is 1.22. The van der Waals surface area contributed by atoms with Gasteiger partial charge in [-0.3, -0.25) is 9.36 Å². The number of allylic oxidation sites excluding steroid dienone is 2. The first-order valence-electron chi connectivity index (χ1n) is 12.2. The second-order valence-corrected chi connectivity index (χ2v) is 9.79. The Morgan fingerprint density at radius 3 is 2.38 bits per heavy atom. The van der Waals surface area contributed by atoms with Gasteiger partial charge < -0.3 is 14.2 Å². The van der Waals surface area contributed by atoms with Gasteiger partial charge in [0.05, 0.1) is 32.6 Å². The van der Waals surface area contributed by atoms with Crippen LogP contribution in [-0.2, 0) is 9.53 Å². The number of rotatable bonds is 6. The fourth-order valence-corrected chi connectivity index (χ4v) is 5.80. The highest BCUT2D eigenvalue weighted by molar-refractivity contribution is 7.07. The number of carbonyl (C=O) groups excluding carboxylic acids is 1. The molecule has 0 saturated carbocycles. The molecule has 0 N–H and O–H groups in total. The van der Waals surface area contributed by atoms with Gasteiger partial charge in [-0.2, -0.15) is 0 Å². The van der Waals surface area contributed by atoms with E-state index >= 15 is 0 Å². The van der Waals surface area contributed by atoms with E-state index in [-0.39, 0.29) is 18.2 Å². The molecule has 0 fully saturated rings. The van der Waals surface area contributed by atoms with Crippen LogP contribution >= 0.6 is 11.3 Å². The molecule has 0 spiro atoms. The van der Waals surface area contributed by atoms with Gasteiger partial charge in [0.15, 0.2) is 4.80 Å². The largest absolute Gasteiger partial charge is 0.497 e. The highest BCUT2D eigenvalue weighted by Gasteiger charge is 2.32. The fourth-order valence-electron chi connectivity index (χ4n) is 4.84. The van der Waals surface area contributed by atoms with Crippen molar-refractivity contribution in [2.45, 2.75) is 32.2 Å². The molecule has 1 aromatic heterocycles. The fraction of sp³-hybridized carbons (Fsp3) is 0.276. The van der Waals surface area contributed by atoms with E-state index in [0.29, 0.717) is 9.33 Å². The maximum absolute atomic E-state index is 13.6. The predicted octanol–water partition coefficient (Wildman–Crippen LogP) is 4.01. The van der Waals surface area contributed by atoms with Gasteiger partial charge in [-0.05, 0) is 78.8 Å². The van der Waals surface area contributed by atoms with E-state index in [9.17, 15) is 9.59 Å². The number of fused-ring (bicyclic) bond motifs is 1. The normalized spacial score (nSPS) is 18.2. The molecule has 1 aliphatic heterocycles. The van der Waals surface area contributed by atoms with Crippen molar-refractivity contribution in [2.75, 3.05) is 20.8 Å². The molecule has 0 saturated heterocycles. The van der Waals surface area contributed by atoms with Crippen LogP contribution in [0.1, 0.15) is 43.4 Å². The standard InChI is InChI=1S/C29H28N2O5S/c1-4-36-25(32)17-24-28(33)31-27(19-10-14-22(35-3)15-11-19)23-7-5-6-20(26(23)30-29(31)37-24)16-18-8-12-21(34-2)13-9-18/h8-17,27H,4-7H2,1-3H3/b20-16+,24-17-. The molecule has 1 atom stereocenters. The maximum Gasteiger partial charge on any atom is 0.332 e. The van der Waals surface area contributed by atoms with Gasteiger partial charge in [0.1, 0.15) is 16.0 Å². The number of nitrogens with zero attached hydrogens (tertiary/aromatic N) is 2. The van der Waals surface area contributed by atoms with Crippen LogP contribution in [0, 0.1) is 0 Å². The second-order valence-electron chi connectivity index (χ2n) is 8.78. The van der Waals surface area contributed by atoms with Crippen LogP contribution in [0.25, 0.3) is 12.2 Å². The smallest absolute Gasteiger partial charge is 0.332 e. The number of methoxy groups -OCH3 is 2. The molecule has 0 bridgehead atoms. The zero-order valence-corrected chi connectivity index (χ0v) is 21.8. The van der Waals surface area contributed by atoms with Crippen molar-refractivity contribution < 1.29 is 19.0 Å². The van der Waals surface area contributed by atoms with E-state index in [1.165, 1.54) is 17.4 Å². The third kappa shape index (κ3) is 4.89. The van der Waals surface area contributed by atoms with Gasteiger partial charge in [0.2, 0.25) is 0 Å². The first-order valence-corrected chi connectivity index (χ1v) is 13.0. The van der Waals surface area contributed by atoms with Crippen LogP contribution in [0.15, 0.2) is 75.2 Å². The van der Waals surface area contributed by atoms with Crippen molar-refractivity contribution in [3.63, 3.8) is 0 Å². The number of ether oxygens (including phenoxy) is 3. The lowest BCUT2D eigenvalue weighted by Crippen LogP contribution is -2.39. The van der Waals surface area contributed by atoms with Crippen LogP contribution in [-0.4, -0.2) is 31.4 Å². The van der Waals surface area contributed by atoms with Gasteiger partial charge >= 0.3 is 5.97 Å². The van der Waals surface area contributed by atoms with Crippen LogP contribution in [0.5, 0.6) is 11.5 Å². The second kappa shape index (κ2) is 10.6. The summed E-state index contributed by atoms with van der Waals surface area (Å²) in [6, 6.07) is 15.4. The predicted molar refractivity (Wildman–Crippen MR) is 143 cm³/mol. The summed E-state index contributed by atoms with van der Waals surface area (Å²) in [5.74, 6) is 1.02. The summed E-state index contributed by atoms with van der Waals surface area (Å²) in [6.07, 6.45) is 6.11. The topological polar surface area (TPSA) is 79.1 Å². The van der Waals surface area contributed by atoms with E-state index in [2.05, 4.69) is 6.08 Å². The Kier molecular flexibility index (Phi) is 7.10. The van der Waals surface area contributed by atoms with Crippen molar-refractivity contribution in [3.05, 3.63) is 96.2 Å². The number of esters is 1. The SMILES string of the molecule is CCOC(=O)/C=c1\sc2n(c1=O)C(c1ccc(OC)cc1)C1=C(N=2)/C(=C/c2ccc(OC)cc2)CCC1.